The maximum atomic E-state index is 10.9. The zero-order chi connectivity index (χ0) is 15.5. The van der Waals surface area contributed by atoms with Crippen molar-refractivity contribution < 1.29 is 19.7 Å². The van der Waals surface area contributed by atoms with Crippen LogP contribution in [0.15, 0.2) is 18.2 Å². The number of anilines is 1. The predicted molar refractivity (Wildman–Crippen MR) is 81.0 cm³/mol. The molecule has 0 radical (unpaired) electrons. The van der Waals surface area contributed by atoms with Crippen molar-refractivity contribution >= 4 is 23.3 Å². The number of methoxy groups -OCH3 is 1. The lowest BCUT2D eigenvalue weighted by molar-refractivity contribution is -0.144. The highest BCUT2D eigenvalue weighted by Gasteiger charge is 2.35. The lowest BCUT2D eigenvalue weighted by atomic mass is 9.79. The Balaban J connectivity index is 1.92. The van der Waals surface area contributed by atoms with Crippen LogP contribution >= 0.6 is 11.6 Å². The molecule has 0 spiro atoms. The van der Waals surface area contributed by atoms with Crippen molar-refractivity contribution in [3.8, 4) is 5.75 Å². The number of aliphatic hydroxyl groups is 1. The summed E-state index contributed by atoms with van der Waals surface area (Å²) in [5.74, 6) is -0.531. The van der Waals surface area contributed by atoms with Gasteiger partial charge in [-0.3, -0.25) is 4.79 Å². The predicted octanol–water partition coefficient (Wildman–Crippen LogP) is 2.77. The van der Waals surface area contributed by atoms with Gasteiger partial charge in [-0.2, -0.15) is 0 Å². The van der Waals surface area contributed by atoms with Gasteiger partial charge in [0, 0.05) is 18.3 Å². The fourth-order valence-electron chi connectivity index (χ4n) is 2.62. The van der Waals surface area contributed by atoms with Gasteiger partial charge in [-0.1, -0.05) is 11.6 Å². The van der Waals surface area contributed by atoms with Crippen molar-refractivity contribution in [2.24, 2.45) is 5.92 Å². The average molecular weight is 314 g/mol. The molecule has 116 valence electrons. The van der Waals surface area contributed by atoms with Crippen LogP contribution in [0.2, 0.25) is 5.02 Å². The molecule has 1 aliphatic carbocycles. The summed E-state index contributed by atoms with van der Waals surface area (Å²) in [4.78, 5) is 10.9. The van der Waals surface area contributed by atoms with Crippen molar-refractivity contribution in [3.63, 3.8) is 0 Å². The Morgan fingerprint density at radius 1 is 1.48 bits per heavy atom. The van der Waals surface area contributed by atoms with Gasteiger partial charge in [0.2, 0.25) is 0 Å². The van der Waals surface area contributed by atoms with Crippen LogP contribution in [-0.2, 0) is 4.79 Å². The maximum Gasteiger partial charge on any atom is 0.306 e. The number of rotatable bonds is 5. The SMILES string of the molecule is COc1cc(NCC2(O)CCC(C(=O)O)CC2)ccc1Cl. The lowest BCUT2D eigenvalue weighted by Crippen LogP contribution is -2.41. The number of hydrogen-bond donors (Lipinski definition) is 3. The summed E-state index contributed by atoms with van der Waals surface area (Å²) in [7, 11) is 1.55. The van der Waals surface area contributed by atoms with Gasteiger partial charge in [0.05, 0.1) is 23.7 Å². The van der Waals surface area contributed by atoms with Crippen LogP contribution in [0, 0.1) is 5.92 Å². The molecule has 0 aliphatic heterocycles. The van der Waals surface area contributed by atoms with E-state index < -0.39 is 11.6 Å². The number of aliphatic carboxylic acids is 1. The number of ether oxygens (including phenoxy) is 1. The second-order valence-corrected chi connectivity index (χ2v) is 5.95. The third-order valence-corrected chi connectivity index (χ3v) is 4.35. The van der Waals surface area contributed by atoms with Crippen LogP contribution in [0.1, 0.15) is 25.7 Å². The van der Waals surface area contributed by atoms with Crippen LogP contribution in [0.3, 0.4) is 0 Å². The van der Waals surface area contributed by atoms with E-state index in [-0.39, 0.29) is 5.92 Å². The fraction of sp³-hybridized carbons (Fsp3) is 0.533. The molecule has 0 heterocycles. The Hall–Kier alpha value is -1.46. The third-order valence-electron chi connectivity index (χ3n) is 4.04. The lowest BCUT2D eigenvalue weighted by Gasteiger charge is -2.35. The molecule has 0 unspecified atom stereocenters. The first-order chi connectivity index (χ1) is 9.93. The molecule has 0 saturated heterocycles. The summed E-state index contributed by atoms with van der Waals surface area (Å²) >= 11 is 5.96. The molecule has 1 aliphatic rings. The molecule has 5 nitrogen and oxygen atoms in total. The molecule has 6 heteroatoms. The second kappa shape index (κ2) is 6.54. The van der Waals surface area contributed by atoms with Gasteiger partial charge in [0.1, 0.15) is 5.75 Å². The van der Waals surface area contributed by atoms with E-state index in [1.807, 2.05) is 6.07 Å². The summed E-state index contributed by atoms with van der Waals surface area (Å²) in [6.07, 6.45) is 2.00. The Bertz CT molecular complexity index is 512. The minimum atomic E-state index is -0.862. The monoisotopic (exact) mass is 313 g/mol. The molecule has 1 fully saturated rings. The molecule has 1 aromatic rings. The van der Waals surface area contributed by atoms with Gasteiger partial charge < -0.3 is 20.3 Å². The molecule has 0 atom stereocenters. The van der Waals surface area contributed by atoms with E-state index in [2.05, 4.69) is 5.32 Å². The van der Waals surface area contributed by atoms with Crippen molar-refractivity contribution in [2.75, 3.05) is 19.0 Å². The number of nitrogens with one attached hydrogen (secondary N) is 1. The average Bonchev–Trinajstić information content (AvgIpc) is 2.47. The molecule has 2 rings (SSSR count). The first-order valence-corrected chi connectivity index (χ1v) is 7.34. The minimum Gasteiger partial charge on any atom is -0.495 e. The number of benzene rings is 1. The third kappa shape index (κ3) is 4.02. The van der Waals surface area contributed by atoms with Gasteiger partial charge >= 0.3 is 5.97 Å². The highest BCUT2D eigenvalue weighted by Crippen LogP contribution is 2.33. The number of carboxylic acids is 1. The first kappa shape index (κ1) is 15.9. The number of carbonyl (C=O) groups is 1. The van der Waals surface area contributed by atoms with E-state index in [4.69, 9.17) is 21.4 Å². The topological polar surface area (TPSA) is 78.8 Å². The van der Waals surface area contributed by atoms with Crippen molar-refractivity contribution in [3.05, 3.63) is 23.2 Å². The summed E-state index contributed by atoms with van der Waals surface area (Å²) in [6.45, 7) is 0.379. The van der Waals surface area contributed by atoms with E-state index in [1.54, 1.807) is 19.2 Å². The van der Waals surface area contributed by atoms with E-state index in [9.17, 15) is 9.90 Å². The largest absolute Gasteiger partial charge is 0.495 e. The Kier molecular flexibility index (Phi) is 4.96. The van der Waals surface area contributed by atoms with Crippen LogP contribution < -0.4 is 10.1 Å². The van der Waals surface area contributed by atoms with Gasteiger partial charge in [0.15, 0.2) is 0 Å². The molecular weight excluding hydrogens is 294 g/mol. The van der Waals surface area contributed by atoms with Crippen molar-refractivity contribution in [2.45, 2.75) is 31.3 Å². The molecule has 0 aromatic heterocycles. The molecule has 1 aromatic carbocycles. The van der Waals surface area contributed by atoms with Crippen LogP contribution in [-0.4, -0.2) is 35.4 Å². The minimum absolute atomic E-state index is 0.332. The van der Waals surface area contributed by atoms with Gasteiger partial charge in [0.25, 0.3) is 0 Å². The standard InChI is InChI=1S/C15H20ClNO4/c1-21-13-8-11(2-3-12(13)16)17-9-15(20)6-4-10(5-7-15)14(18)19/h2-3,8,10,17,20H,4-7,9H2,1H3,(H,18,19). The normalized spacial score (nSPS) is 25.4. The van der Waals surface area contributed by atoms with E-state index in [0.717, 1.165) is 5.69 Å². The molecule has 21 heavy (non-hydrogen) atoms. The Morgan fingerprint density at radius 2 is 2.14 bits per heavy atom. The van der Waals surface area contributed by atoms with E-state index >= 15 is 0 Å². The molecular formula is C15H20ClNO4. The summed E-state index contributed by atoms with van der Waals surface area (Å²) in [6, 6.07) is 5.32. The number of hydrogen-bond acceptors (Lipinski definition) is 4. The molecule has 0 bridgehead atoms. The summed E-state index contributed by atoms with van der Waals surface area (Å²) < 4.78 is 5.14. The number of halogens is 1. The molecule has 0 amide bonds. The van der Waals surface area contributed by atoms with Crippen LogP contribution in [0.5, 0.6) is 5.75 Å². The van der Waals surface area contributed by atoms with Crippen LogP contribution in [0.25, 0.3) is 0 Å². The van der Waals surface area contributed by atoms with Gasteiger partial charge in [-0.15, -0.1) is 0 Å². The highest BCUT2D eigenvalue weighted by molar-refractivity contribution is 6.32. The molecule has 1 saturated carbocycles. The quantitative estimate of drug-likeness (QED) is 0.779. The van der Waals surface area contributed by atoms with E-state index in [0.29, 0.717) is 43.0 Å². The Labute approximate surface area is 128 Å². The zero-order valence-corrected chi connectivity index (χ0v) is 12.7. The van der Waals surface area contributed by atoms with Crippen molar-refractivity contribution in [1.29, 1.82) is 0 Å². The summed E-state index contributed by atoms with van der Waals surface area (Å²) in [5.41, 5.74) is -0.0521. The van der Waals surface area contributed by atoms with Gasteiger partial charge in [-0.25, -0.2) is 0 Å². The Morgan fingerprint density at radius 3 is 2.71 bits per heavy atom. The first-order valence-electron chi connectivity index (χ1n) is 6.96. The smallest absolute Gasteiger partial charge is 0.306 e. The highest BCUT2D eigenvalue weighted by atomic mass is 35.5. The number of carboxylic acid groups (broad SMARTS) is 1. The van der Waals surface area contributed by atoms with Gasteiger partial charge in [-0.05, 0) is 37.8 Å². The summed E-state index contributed by atoms with van der Waals surface area (Å²) in [5, 5.41) is 23.2. The molecule has 3 N–H and O–H groups in total. The van der Waals surface area contributed by atoms with E-state index in [1.165, 1.54) is 0 Å². The van der Waals surface area contributed by atoms with Crippen LogP contribution in [0.4, 0.5) is 5.69 Å². The second-order valence-electron chi connectivity index (χ2n) is 5.54. The maximum absolute atomic E-state index is 10.9. The van der Waals surface area contributed by atoms with Crippen molar-refractivity contribution in [1.82, 2.24) is 0 Å². The zero-order valence-electron chi connectivity index (χ0n) is 11.9. The fourth-order valence-corrected chi connectivity index (χ4v) is 2.81.